The number of nitrogens with zero attached hydrogens (tertiary/aromatic N) is 2. The van der Waals surface area contributed by atoms with Crippen LogP contribution in [0.1, 0.15) is 21.5 Å². The molecule has 2 N–H and O–H groups in total. The van der Waals surface area contributed by atoms with Gasteiger partial charge in [0.25, 0.3) is 5.91 Å². The average Bonchev–Trinajstić information content (AvgIpc) is 3.14. The smallest absolute Gasteiger partial charge is 0.322 e. The zero-order chi connectivity index (χ0) is 19.4. The van der Waals surface area contributed by atoms with Gasteiger partial charge in [-0.25, -0.2) is 9.37 Å². The number of rotatable bonds is 5. The maximum Gasteiger partial charge on any atom is 0.419 e. The third kappa shape index (κ3) is 4.64. The van der Waals surface area contributed by atoms with E-state index in [4.69, 9.17) is 0 Å². The highest BCUT2D eigenvalue weighted by atomic mass is 32.2. The van der Waals surface area contributed by atoms with Crippen LogP contribution in [0, 0.1) is 5.82 Å². The molecule has 0 spiro atoms. The Balaban J connectivity index is 1.79. The molecule has 1 aromatic heterocycles. The topological polar surface area (TPSA) is 70.7 Å². The summed E-state index contributed by atoms with van der Waals surface area (Å²) < 4.78 is 51.8. The van der Waals surface area contributed by atoms with Crippen LogP contribution in [0.4, 0.5) is 23.2 Å². The van der Waals surface area contributed by atoms with Gasteiger partial charge in [0.15, 0.2) is 5.16 Å². The van der Waals surface area contributed by atoms with Crippen molar-refractivity contribution in [2.75, 3.05) is 5.32 Å². The second kappa shape index (κ2) is 7.78. The molecule has 10 heteroatoms. The standard InChI is InChI=1S/C17H12F4N4OS/c18-14-6-5-11(7-13(14)17(19,20)21)24-15(26)12-4-2-1-3-10(12)8-27-16-22-9-23-25-16/h1-7,9H,8H2,(H,24,26)(H,22,23,25). The van der Waals surface area contributed by atoms with Gasteiger partial charge >= 0.3 is 6.18 Å². The molecule has 27 heavy (non-hydrogen) atoms. The number of benzene rings is 2. The molecular formula is C17H12F4N4OS. The number of halogens is 4. The summed E-state index contributed by atoms with van der Waals surface area (Å²) in [6, 6.07) is 8.98. The number of alkyl halides is 3. The van der Waals surface area contributed by atoms with Crippen molar-refractivity contribution >= 4 is 23.4 Å². The summed E-state index contributed by atoms with van der Waals surface area (Å²) in [5.74, 6) is -1.59. The van der Waals surface area contributed by atoms with Gasteiger partial charge in [-0.2, -0.15) is 18.3 Å². The monoisotopic (exact) mass is 396 g/mol. The van der Waals surface area contributed by atoms with Gasteiger partial charge in [0, 0.05) is 17.0 Å². The first-order chi connectivity index (χ1) is 12.8. The number of nitrogens with one attached hydrogen (secondary N) is 2. The van der Waals surface area contributed by atoms with Crippen LogP contribution in [0.5, 0.6) is 0 Å². The van der Waals surface area contributed by atoms with Crippen molar-refractivity contribution in [2.45, 2.75) is 17.1 Å². The fourth-order valence-electron chi connectivity index (χ4n) is 2.30. The van der Waals surface area contributed by atoms with Gasteiger partial charge in [-0.1, -0.05) is 30.0 Å². The number of carbonyl (C=O) groups excluding carboxylic acids is 1. The highest BCUT2D eigenvalue weighted by Gasteiger charge is 2.34. The number of carbonyl (C=O) groups is 1. The Morgan fingerprint density at radius 2 is 1.96 bits per heavy atom. The first-order valence-corrected chi connectivity index (χ1v) is 8.57. The van der Waals surface area contributed by atoms with Gasteiger partial charge in [0.1, 0.15) is 12.1 Å². The summed E-state index contributed by atoms with van der Waals surface area (Å²) >= 11 is 1.32. The lowest BCUT2D eigenvalue weighted by Gasteiger charge is -2.12. The molecule has 3 aromatic rings. The lowest BCUT2D eigenvalue weighted by atomic mass is 10.1. The molecule has 140 valence electrons. The van der Waals surface area contributed by atoms with Crippen molar-refractivity contribution in [3.8, 4) is 0 Å². The van der Waals surface area contributed by atoms with Crippen molar-refractivity contribution in [3.05, 3.63) is 71.3 Å². The van der Waals surface area contributed by atoms with E-state index in [1.807, 2.05) is 0 Å². The van der Waals surface area contributed by atoms with E-state index >= 15 is 0 Å². The average molecular weight is 396 g/mol. The lowest BCUT2D eigenvalue weighted by Crippen LogP contribution is -2.15. The second-order valence-electron chi connectivity index (χ2n) is 5.38. The van der Waals surface area contributed by atoms with E-state index in [0.29, 0.717) is 34.2 Å². The number of thioether (sulfide) groups is 1. The number of anilines is 1. The summed E-state index contributed by atoms with van der Waals surface area (Å²) in [7, 11) is 0. The van der Waals surface area contributed by atoms with E-state index in [0.717, 1.165) is 6.07 Å². The largest absolute Gasteiger partial charge is 0.419 e. The van der Waals surface area contributed by atoms with Gasteiger partial charge in [0.05, 0.1) is 5.56 Å². The van der Waals surface area contributed by atoms with Crippen LogP contribution in [0.3, 0.4) is 0 Å². The van der Waals surface area contributed by atoms with Crippen LogP contribution in [0.15, 0.2) is 53.9 Å². The van der Waals surface area contributed by atoms with E-state index in [1.54, 1.807) is 24.3 Å². The first-order valence-electron chi connectivity index (χ1n) is 7.59. The number of aromatic amines is 1. The summed E-state index contributed by atoms with van der Waals surface area (Å²) in [6.07, 6.45) is -3.50. The minimum absolute atomic E-state index is 0.147. The predicted octanol–water partition coefficient (Wildman–Crippen LogP) is 4.51. The Bertz CT molecular complexity index is 944. The minimum Gasteiger partial charge on any atom is -0.322 e. The van der Waals surface area contributed by atoms with E-state index in [1.165, 1.54) is 18.1 Å². The van der Waals surface area contributed by atoms with Crippen LogP contribution >= 0.6 is 11.8 Å². The van der Waals surface area contributed by atoms with Gasteiger partial charge in [-0.05, 0) is 29.8 Å². The highest BCUT2D eigenvalue weighted by Crippen LogP contribution is 2.33. The fourth-order valence-corrected chi connectivity index (χ4v) is 3.08. The van der Waals surface area contributed by atoms with E-state index in [2.05, 4.69) is 20.5 Å². The summed E-state index contributed by atoms with van der Waals surface area (Å²) in [6.45, 7) is 0. The van der Waals surface area contributed by atoms with E-state index in [-0.39, 0.29) is 5.69 Å². The molecule has 0 radical (unpaired) electrons. The maximum atomic E-state index is 13.4. The van der Waals surface area contributed by atoms with Crippen LogP contribution in [-0.2, 0) is 11.9 Å². The van der Waals surface area contributed by atoms with E-state index in [9.17, 15) is 22.4 Å². The molecule has 5 nitrogen and oxygen atoms in total. The molecule has 3 rings (SSSR count). The van der Waals surface area contributed by atoms with E-state index < -0.39 is 23.5 Å². The maximum absolute atomic E-state index is 13.4. The molecule has 0 saturated heterocycles. The quantitative estimate of drug-likeness (QED) is 0.492. The number of aromatic nitrogens is 3. The Labute approximate surface area is 155 Å². The summed E-state index contributed by atoms with van der Waals surface area (Å²) in [5.41, 5.74) is -0.627. The molecular weight excluding hydrogens is 384 g/mol. The Morgan fingerprint density at radius 3 is 2.67 bits per heavy atom. The Hall–Kier alpha value is -2.88. The normalized spacial score (nSPS) is 11.4. The SMILES string of the molecule is O=C(Nc1ccc(F)c(C(F)(F)F)c1)c1ccccc1CSc1ncn[nH]1. The van der Waals surface area contributed by atoms with Crippen LogP contribution in [-0.4, -0.2) is 21.1 Å². The number of hydrogen-bond donors (Lipinski definition) is 2. The lowest BCUT2D eigenvalue weighted by molar-refractivity contribution is -0.139. The number of amides is 1. The second-order valence-corrected chi connectivity index (χ2v) is 6.35. The van der Waals surface area contributed by atoms with Crippen molar-refractivity contribution in [2.24, 2.45) is 0 Å². The zero-order valence-corrected chi connectivity index (χ0v) is 14.4. The zero-order valence-electron chi connectivity index (χ0n) is 13.5. The Morgan fingerprint density at radius 1 is 1.19 bits per heavy atom. The molecule has 0 aliphatic carbocycles. The molecule has 1 amide bonds. The molecule has 0 fully saturated rings. The molecule has 0 aliphatic rings. The summed E-state index contributed by atoms with van der Waals surface area (Å²) in [5, 5.41) is 9.35. The van der Waals surface area contributed by atoms with Crippen molar-refractivity contribution in [1.82, 2.24) is 15.2 Å². The van der Waals surface area contributed by atoms with Gasteiger partial charge in [0.2, 0.25) is 0 Å². The third-order valence-corrected chi connectivity index (χ3v) is 4.47. The summed E-state index contributed by atoms with van der Waals surface area (Å²) in [4.78, 5) is 16.5. The molecule has 0 saturated carbocycles. The number of hydrogen-bond acceptors (Lipinski definition) is 4. The van der Waals surface area contributed by atoms with Crippen molar-refractivity contribution < 1.29 is 22.4 Å². The molecule has 0 unspecified atom stereocenters. The Kier molecular flexibility index (Phi) is 5.45. The van der Waals surface area contributed by atoms with Crippen LogP contribution in [0.25, 0.3) is 0 Å². The molecule has 0 aliphatic heterocycles. The van der Waals surface area contributed by atoms with Gasteiger partial charge < -0.3 is 5.32 Å². The predicted molar refractivity (Wildman–Crippen MR) is 91.7 cm³/mol. The van der Waals surface area contributed by atoms with Gasteiger partial charge in [-0.3, -0.25) is 9.89 Å². The number of H-pyrrole nitrogens is 1. The minimum atomic E-state index is -4.85. The van der Waals surface area contributed by atoms with Crippen molar-refractivity contribution in [3.63, 3.8) is 0 Å². The molecule has 2 aromatic carbocycles. The molecule has 0 bridgehead atoms. The highest BCUT2D eigenvalue weighted by molar-refractivity contribution is 7.98. The first kappa shape index (κ1) is 18.9. The molecule has 1 heterocycles. The molecule has 0 atom stereocenters. The fraction of sp³-hybridized carbons (Fsp3) is 0.118. The third-order valence-electron chi connectivity index (χ3n) is 3.55. The van der Waals surface area contributed by atoms with Crippen LogP contribution in [0.2, 0.25) is 0 Å². The van der Waals surface area contributed by atoms with Gasteiger partial charge in [-0.15, -0.1) is 0 Å². The van der Waals surface area contributed by atoms with Crippen molar-refractivity contribution in [1.29, 1.82) is 0 Å². The van der Waals surface area contributed by atoms with Crippen LogP contribution < -0.4 is 5.32 Å².